The van der Waals surface area contributed by atoms with E-state index in [1.165, 1.54) is 5.56 Å². The number of benzene rings is 1. The Morgan fingerprint density at radius 2 is 1.69 bits per heavy atom. The number of aryl methyl sites for hydroxylation is 1. The van der Waals surface area contributed by atoms with Crippen LogP contribution in [0.4, 0.5) is 13.2 Å². The highest BCUT2D eigenvalue weighted by molar-refractivity contribution is 5.95. The first kappa shape index (κ1) is 24.6. The number of carbonyl (C=O) groups excluding carboxylic acids is 1. The molecule has 0 fully saturated rings. The van der Waals surface area contributed by atoms with Crippen LogP contribution in [0.15, 0.2) is 54.9 Å². The van der Waals surface area contributed by atoms with E-state index in [9.17, 15) is 18.0 Å². The van der Waals surface area contributed by atoms with Crippen molar-refractivity contribution in [1.82, 2.24) is 20.5 Å². The van der Waals surface area contributed by atoms with E-state index in [2.05, 4.69) is 20.5 Å². The van der Waals surface area contributed by atoms with Gasteiger partial charge in [-0.1, -0.05) is 30.3 Å². The van der Waals surface area contributed by atoms with Crippen LogP contribution in [0.1, 0.15) is 34.5 Å². The molecule has 0 saturated carbocycles. The van der Waals surface area contributed by atoms with E-state index in [0.717, 1.165) is 36.1 Å². The summed E-state index contributed by atoms with van der Waals surface area (Å²) in [5.74, 6) is -2.86. The summed E-state index contributed by atoms with van der Waals surface area (Å²) < 4.78 is 31.7. The Morgan fingerprint density at radius 3 is 2.28 bits per heavy atom. The number of carbonyl (C=O) groups is 2. The maximum Gasteiger partial charge on any atom is 0.490 e. The van der Waals surface area contributed by atoms with Crippen LogP contribution < -0.4 is 5.32 Å². The molecular formula is C22H23F3N4O3. The lowest BCUT2D eigenvalue weighted by atomic mass is 10.1. The van der Waals surface area contributed by atoms with E-state index in [-0.39, 0.29) is 5.91 Å². The Hall–Kier alpha value is -3.69. The van der Waals surface area contributed by atoms with Crippen molar-refractivity contribution in [3.05, 3.63) is 71.7 Å². The molecule has 0 spiro atoms. The maximum atomic E-state index is 12.4. The van der Waals surface area contributed by atoms with E-state index < -0.39 is 12.1 Å². The van der Waals surface area contributed by atoms with Crippen molar-refractivity contribution in [3.63, 3.8) is 0 Å². The van der Waals surface area contributed by atoms with Gasteiger partial charge in [-0.25, -0.2) is 4.79 Å². The van der Waals surface area contributed by atoms with Gasteiger partial charge in [0.1, 0.15) is 5.69 Å². The van der Waals surface area contributed by atoms with Gasteiger partial charge in [0.05, 0.1) is 5.69 Å². The molecule has 3 rings (SSSR count). The zero-order valence-electron chi connectivity index (χ0n) is 17.3. The summed E-state index contributed by atoms with van der Waals surface area (Å²) in [7, 11) is 0. The molecule has 32 heavy (non-hydrogen) atoms. The number of hydrogen-bond donors (Lipinski definition) is 3. The fraction of sp³-hybridized carbons (Fsp3) is 0.273. The fourth-order valence-corrected chi connectivity index (χ4v) is 2.79. The number of halogens is 3. The van der Waals surface area contributed by atoms with E-state index in [0.29, 0.717) is 12.2 Å². The van der Waals surface area contributed by atoms with Gasteiger partial charge in [0.15, 0.2) is 0 Å². The molecule has 0 aliphatic heterocycles. The smallest absolute Gasteiger partial charge is 0.475 e. The van der Waals surface area contributed by atoms with Crippen LogP contribution in [0.5, 0.6) is 0 Å². The Labute approximate surface area is 182 Å². The van der Waals surface area contributed by atoms with Gasteiger partial charge < -0.3 is 10.4 Å². The highest BCUT2D eigenvalue weighted by Crippen LogP contribution is 2.22. The minimum atomic E-state index is -5.08. The van der Waals surface area contributed by atoms with Gasteiger partial charge in [-0.3, -0.25) is 14.9 Å². The van der Waals surface area contributed by atoms with E-state index in [4.69, 9.17) is 9.90 Å². The molecule has 2 heterocycles. The Bertz CT molecular complexity index is 1010. The highest BCUT2D eigenvalue weighted by atomic mass is 19.4. The van der Waals surface area contributed by atoms with E-state index in [1.807, 2.05) is 61.8 Å². The molecule has 3 aromatic rings. The number of aliphatic carboxylic acids is 1. The predicted molar refractivity (Wildman–Crippen MR) is 112 cm³/mol. The van der Waals surface area contributed by atoms with Gasteiger partial charge in [0.2, 0.25) is 0 Å². The third kappa shape index (κ3) is 7.53. The minimum Gasteiger partial charge on any atom is -0.475 e. The maximum absolute atomic E-state index is 12.4. The highest BCUT2D eigenvalue weighted by Gasteiger charge is 2.38. The van der Waals surface area contributed by atoms with Gasteiger partial charge >= 0.3 is 12.1 Å². The average molecular weight is 448 g/mol. The predicted octanol–water partition coefficient (Wildman–Crippen LogP) is 4.17. The molecule has 0 saturated heterocycles. The van der Waals surface area contributed by atoms with E-state index in [1.54, 1.807) is 0 Å². The number of hydrogen-bond acceptors (Lipinski definition) is 4. The van der Waals surface area contributed by atoms with Crippen molar-refractivity contribution in [2.75, 3.05) is 6.54 Å². The second kappa shape index (κ2) is 11.6. The van der Waals surface area contributed by atoms with Crippen LogP contribution >= 0.6 is 0 Å². The summed E-state index contributed by atoms with van der Waals surface area (Å²) in [6.45, 7) is 2.58. The normalized spacial score (nSPS) is 10.8. The van der Waals surface area contributed by atoms with Crippen molar-refractivity contribution in [2.24, 2.45) is 0 Å². The van der Waals surface area contributed by atoms with Gasteiger partial charge in [0.25, 0.3) is 5.91 Å². The summed E-state index contributed by atoms with van der Waals surface area (Å²) in [6.07, 6.45) is 1.50. The van der Waals surface area contributed by atoms with Gasteiger partial charge in [-0.05, 0) is 43.9 Å². The van der Waals surface area contributed by atoms with Crippen molar-refractivity contribution in [2.45, 2.75) is 32.4 Å². The molecule has 0 aliphatic rings. The lowest BCUT2D eigenvalue weighted by Gasteiger charge is -2.05. The average Bonchev–Trinajstić information content (AvgIpc) is 3.16. The number of alkyl halides is 3. The van der Waals surface area contributed by atoms with Crippen LogP contribution in [-0.4, -0.2) is 44.9 Å². The van der Waals surface area contributed by atoms with E-state index >= 15 is 0 Å². The molecular weight excluding hydrogens is 425 g/mol. The molecule has 0 bridgehead atoms. The Kier molecular flexibility index (Phi) is 8.94. The van der Waals surface area contributed by atoms with Crippen molar-refractivity contribution in [3.8, 4) is 11.3 Å². The fourth-order valence-electron chi connectivity index (χ4n) is 2.79. The first-order valence-electron chi connectivity index (χ1n) is 9.77. The van der Waals surface area contributed by atoms with Crippen molar-refractivity contribution in [1.29, 1.82) is 0 Å². The number of aromatic amines is 1. The lowest BCUT2D eigenvalue weighted by molar-refractivity contribution is -0.192. The molecule has 0 radical (unpaired) electrons. The molecule has 1 aromatic carbocycles. The number of amides is 1. The third-order valence-electron chi connectivity index (χ3n) is 4.45. The second-order valence-corrected chi connectivity index (χ2v) is 6.81. The van der Waals surface area contributed by atoms with Crippen LogP contribution in [-0.2, 0) is 11.2 Å². The topological polar surface area (TPSA) is 108 Å². The molecule has 170 valence electrons. The SMILES string of the molecule is Cc1c(-c2ccccc2)n[nH]c1C(=O)NCCCCc1ccncc1.O=C(O)C(F)(F)F. The summed E-state index contributed by atoms with van der Waals surface area (Å²) >= 11 is 0. The third-order valence-corrected chi connectivity index (χ3v) is 4.45. The number of rotatable bonds is 7. The van der Waals surface area contributed by atoms with Gasteiger partial charge in [-0.15, -0.1) is 0 Å². The number of unbranched alkanes of at least 4 members (excludes halogenated alkanes) is 1. The zero-order valence-corrected chi connectivity index (χ0v) is 17.3. The first-order chi connectivity index (χ1) is 15.2. The Morgan fingerprint density at radius 1 is 1.06 bits per heavy atom. The molecule has 0 atom stereocenters. The summed E-state index contributed by atoms with van der Waals surface area (Å²) in [5, 5.41) is 17.3. The van der Waals surface area contributed by atoms with Crippen LogP contribution in [0.3, 0.4) is 0 Å². The number of pyridine rings is 1. The number of carboxylic acids is 1. The number of carboxylic acid groups (broad SMARTS) is 1. The lowest BCUT2D eigenvalue weighted by Crippen LogP contribution is -2.25. The van der Waals surface area contributed by atoms with Crippen LogP contribution in [0.25, 0.3) is 11.3 Å². The van der Waals surface area contributed by atoms with Gasteiger partial charge in [-0.2, -0.15) is 18.3 Å². The summed E-state index contributed by atoms with van der Waals surface area (Å²) in [4.78, 5) is 25.3. The quantitative estimate of drug-likeness (QED) is 0.470. The monoisotopic (exact) mass is 448 g/mol. The standard InChI is InChI=1S/C20H22N4O.C2HF3O2/c1-15-18(17-8-3-2-4-9-17)23-24-19(15)20(25)22-12-6-5-7-16-10-13-21-14-11-16;3-2(4,5)1(6)7/h2-4,8-11,13-14H,5-7,12H2,1H3,(H,22,25)(H,23,24);(H,6,7). The largest absolute Gasteiger partial charge is 0.490 e. The van der Waals surface area contributed by atoms with Gasteiger partial charge in [0, 0.05) is 30.1 Å². The number of aromatic nitrogens is 3. The minimum absolute atomic E-state index is 0.101. The number of nitrogens with zero attached hydrogens (tertiary/aromatic N) is 2. The number of nitrogens with one attached hydrogen (secondary N) is 2. The van der Waals surface area contributed by atoms with Crippen LogP contribution in [0.2, 0.25) is 0 Å². The van der Waals surface area contributed by atoms with Crippen molar-refractivity contribution >= 4 is 11.9 Å². The van der Waals surface area contributed by atoms with Crippen LogP contribution in [0, 0.1) is 6.92 Å². The first-order valence-corrected chi connectivity index (χ1v) is 9.77. The number of H-pyrrole nitrogens is 1. The second-order valence-electron chi connectivity index (χ2n) is 6.81. The molecule has 7 nitrogen and oxygen atoms in total. The van der Waals surface area contributed by atoms with Crippen molar-refractivity contribution < 1.29 is 27.9 Å². The molecule has 1 amide bonds. The molecule has 10 heteroatoms. The molecule has 0 aliphatic carbocycles. The molecule has 2 aromatic heterocycles. The molecule has 3 N–H and O–H groups in total. The summed E-state index contributed by atoms with van der Waals surface area (Å²) in [6, 6.07) is 13.9. The molecule has 0 unspecified atom stereocenters. The summed E-state index contributed by atoms with van der Waals surface area (Å²) in [5.41, 5.74) is 4.52. The Balaban J connectivity index is 0.000000451. The zero-order chi connectivity index (χ0) is 23.6.